The molecule has 2 rings (SSSR count). The molecule has 2 aromatic rings. The van der Waals surface area contributed by atoms with Gasteiger partial charge in [-0.1, -0.05) is 45.0 Å². The molecule has 21 heavy (non-hydrogen) atoms. The van der Waals surface area contributed by atoms with Gasteiger partial charge in [-0.15, -0.1) is 0 Å². The molecular formula is C15H19N3O2S. The molecule has 5 nitrogen and oxygen atoms in total. The first-order valence-electron chi connectivity index (χ1n) is 6.72. The largest absolute Gasteiger partial charge is 0.387 e. The van der Waals surface area contributed by atoms with Crippen LogP contribution in [0.5, 0.6) is 0 Å². The van der Waals surface area contributed by atoms with Crippen LogP contribution in [0.25, 0.3) is 0 Å². The molecule has 6 heteroatoms. The van der Waals surface area contributed by atoms with Crippen molar-refractivity contribution in [2.75, 3.05) is 6.54 Å². The molecule has 1 amide bonds. The first-order chi connectivity index (χ1) is 9.88. The minimum Gasteiger partial charge on any atom is -0.387 e. The average Bonchev–Trinajstić information content (AvgIpc) is 2.98. The van der Waals surface area contributed by atoms with Crippen LogP contribution < -0.4 is 5.32 Å². The van der Waals surface area contributed by atoms with Gasteiger partial charge in [-0.25, -0.2) is 0 Å². The number of carbonyl (C=O) groups is 1. The first-order valence-corrected chi connectivity index (χ1v) is 7.45. The summed E-state index contributed by atoms with van der Waals surface area (Å²) in [5.74, 6) is -0.325. The van der Waals surface area contributed by atoms with E-state index in [2.05, 4.69) is 34.8 Å². The topological polar surface area (TPSA) is 75.1 Å². The second-order valence-corrected chi connectivity index (χ2v) is 6.45. The van der Waals surface area contributed by atoms with E-state index in [4.69, 9.17) is 0 Å². The standard InChI is InChI=1S/C15H19N3O2S/c1-15(2,3)11-6-4-10(5-7-11)13(19)9-16-14(20)12-8-17-21-18-12/h4-8,13,19H,9H2,1-3H3,(H,16,20). The summed E-state index contributed by atoms with van der Waals surface area (Å²) in [7, 11) is 0. The number of amides is 1. The van der Waals surface area contributed by atoms with Crippen LogP contribution >= 0.6 is 11.7 Å². The Bertz CT molecular complexity index is 588. The van der Waals surface area contributed by atoms with E-state index in [0.717, 1.165) is 17.3 Å². The number of benzene rings is 1. The predicted octanol–water partition coefficient (Wildman–Crippen LogP) is 2.30. The molecular weight excluding hydrogens is 286 g/mol. The summed E-state index contributed by atoms with van der Waals surface area (Å²) >= 11 is 0.979. The van der Waals surface area contributed by atoms with Crippen molar-refractivity contribution in [2.24, 2.45) is 0 Å². The maximum Gasteiger partial charge on any atom is 0.272 e. The van der Waals surface area contributed by atoms with Crippen LogP contribution in [0.15, 0.2) is 30.5 Å². The number of nitrogens with one attached hydrogen (secondary N) is 1. The molecule has 0 radical (unpaired) electrons. The monoisotopic (exact) mass is 305 g/mol. The Labute approximate surface area is 128 Å². The van der Waals surface area contributed by atoms with E-state index < -0.39 is 6.10 Å². The lowest BCUT2D eigenvalue weighted by atomic mass is 9.86. The van der Waals surface area contributed by atoms with Gasteiger partial charge in [0.15, 0.2) is 5.69 Å². The number of hydrogen-bond donors (Lipinski definition) is 2. The molecule has 1 unspecified atom stereocenters. The lowest BCUT2D eigenvalue weighted by Crippen LogP contribution is -2.28. The zero-order valence-corrected chi connectivity index (χ0v) is 13.1. The summed E-state index contributed by atoms with van der Waals surface area (Å²) in [6.07, 6.45) is 0.666. The minimum atomic E-state index is -0.741. The highest BCUT2D eigenvalue weighted by Gasteiger charge is 2.15. The van der Waals surface area contributed by atoms with Crippen molar-refractivity contribution in [3.63, 3.8) is 0 Å². The quantitative estimate of drug-likeness (QED) is 0.909. The summed E-state index contributed by atoms with van der Waals surface area (Å²) in [4.78, 5) is 11.7. The van der Waals surface area contributed by atoms with E-state index in [0.29, 0.717) is 0 Å². The summed E-state index contributed by atoms with van der Waals surface area (Å²) in [5, 5.41) is 12.8. The Morgan fingerprint density at radius 2 is 2.00 bits per heavy atom. The third kappa shape index (κ3) is 4.09. The van der Waals surface area contributed by atoms with Crippen LogP contribution in [0.3, 0.4) is 0 Å². The molecule has 0 aliphatic rings. The number of nitrogens with zero attached hydrogens (tertiary/aromatic N) is 2. The predicted molar refractivity (Wildman–Crippen MR) is 82.3 cm³/mol. The second kappa shape index (κ2) is 6.32. The van der Waals surface area contributed by atoms with Crippen molar-refractivity contribution >= 4 is 17.6 Å². The Morgan fingerprint density at radius 3 is 2.52 bits per heavy atom. The van der Waals surface area contributed by atoms with Gasteiger partial charge in [0, 0.05) is 6.54 Å². The van der Waals surface area contributed by atoms with Gasteiger partial charge in [-0.2, -0.15) is 8.75 Å². The van der Waals surface area contributed by atoms with Crippen molar-refractivity contribution in [2.45, 2.75) is 32.3 Å². The number of hydrogen-bond acceptors (Lipinski definition) is 5. The minimum absolute atomic E-state index is 0.0787. The van der Waals surface area contributed by atoms with Crippen molar-refractivity contribution in [1.29, 1.82) is 0 Å². The molecule has 0 aliphatic heterocycles. The van der Waals surface area contributed by atoms with Gasteiger partial charge in [0.1, 0.15) is 0 Å². The Morgan fingerprint density at radius 1 is 1.33 bits per heavy atom. The first kappa shape index (κ1) is 15.6. The van der Waals surface area contributed by atoms with Gasteiger partial charge >= 0.3 is 0 Å². The third-order valence-electron chi connectivity index (χ3n) is 3.21. The van der Waals surface area contributed by atoms with E-state index in [1.54, 1.807) is 0 Å². The van der Waals surface area contributed by atoms with Gasteiger partial charge in [-0.05, 0) is 16.5 Å². The number of aliphatic hydroxyl groups excluding tert-OH is 1. The van der Waals surface area contributed by atoms with Crippen molar-refractivity contribution in [1.82, 2.24) is 14.1 Å². The highest BCUT2D eigenvalue weighted by Crippen LogP contribution is 2.23. The SMILES string of the molecule is CC(C)(C)c1ccc(C(O)CNC(=O)c2cnsn2)cc1. The van der Waals surface area contributed by atoms with E-state index >= 15 is 0 Å². The Kier molecular flexibility index (Phi) is 4.69. The number of carbonyl (C=O) groups excluding carboxylic acids is 1. The molecule has 1 atom stereocenters. The Hall–Kier alpha value is -1.79. The molecule has 112 valence electrons. The fourth-order valence-electron chi connectivity index (χ4n) is 1.87. The lowest BCUT2D eigenvalue weighted by molar-refractivity contribution is 0.0912. The molecule has 0 aliphatic carbocycles. The molecule has 1 aromatic heterocycles. The van der Waals surface area contributed by atoms with Gasteiger partial charge in [0.25, 0.3) is 5.91 Å². The van der Waals surface area contributed by atoms with Crippen LogP contribution in [0.1, 0.15) is 48.5 Å². The molecule has 0 saturated heterocycles. The van der Waals surface area contributed by atoms with Crippen LogP contribution in [-0.4, -0.2) is 26.3 Å². The maximum atomic E-state index is 11.7. The fourth-order valence-corrected chi connectivity index (χ4v) is 2.28. The summed E-state index contributed by atoms with van der Waals surface area (Å²) in [6, 6.07) is 7.79. The summed E-state index contributed by atoms with van der Waals surface area (Å²) in [5.41, 5.74) is 2.33. The Balaban J connectivity index is 1.94. The molecule has 0 saturated carbocycles. The van der Waals surface area contributed by atoms with Crippen LogP contribution in [-0.2, 0) is 5.41 Å². The molecule has 1 aromatic carbocycles. The molecule has 0 fully saturated rings. The third-order valence-corrected chi connectivity index (χ3v) is 3.69. The molecule has 2 N–H and O–H groups in total. The number of rotatable bonds is 4. The van der Waals surface area contributed by atoms with Crippen LogP contribution in [0.4, 0.5) is 0 Å². The van der Waals surface area contributed by atoms with Gasteiger partial charge in [0.2, 0.25) is 0 Å². The smallest absolute Gasteiger partial charge is 0.272 e. The molecule has 1 heterocycles. The van der Waals surface area contributed by atoms with E-state index in [1.165, 1.54) is 11.8 Å². The van der Waals surface area contributed by atoms with Crippen molar-refractivity contribution in [3.8, 4) is 0 Å². The summed E-state index contributed by atoms with van der Waals surface area (Å²) in [6.45, 7) is 6.56. The summed E-state index contributed by atoms with van der Waals surface area (Å²) < 4.78 is 7.61. The van der Waals surface area contributed by atoms with Crippen molar-refractivity contribution < 1.29 is 9.90 Å². The van der Waals surface area contributed by atoms with Gasteiger partial charge < -0.3 is 10.4 Å². The highest BCUT2D eigenvalue weighted by molar-refractivity contribution is 6.99. The van der Waals surface area contributed by atoms with E-state index in [1.807, 2.05) is 24.3 Å². The van der Waals surface area contributed by atoms with Gasteiger partial charge in [0.05, 0.1) is 24.0 Å². The van der Waals surface area contributed by atoms with E-state index in [9.17, 15) is 9.90 Å². The fraction of sp³-hybridized carbons (Fsp3) is 0.400. The zero-order chi connectivity index (χ0) is 15.5. The average molecular weight is 305 g/mol. The highest BCUT2D eigenvalue weighted by atomic mass is 32.1. The normalized spacial score (nSPS) is 13.0. The van der Waals surface area contributed by atoms with E-state index in [-0.39, 0.29) is 23.6 Å². The van der Waals surface area contributed by atoms with Gasteiger partial charge in [-0.3, -0.25) is 4.79 Å². The molecule has 0 bridgehead atoms. The number of aromatic nitrogens is 2. The maximum absolute atomic E-state index is 11.7. The second-order valence-electron chi connectivity index (χ2n) is 5.89. The van der Waals surface area contributed by atoms with Crippen LogP contribution in [0.2, 0.25) is 0 Å². The van der Waals surface area contributed by atoms with Crippen molar-refractivity contribution in [3.05, 3.63) is 47.3 Å². The van der Waals surface area contributed by atoms with Crippen LogP contribution in [0, 0.1) is 0 Å². The lowest BCUT2D eigenvalue weighted by Gasteiger charge is -2.20. The zero-order valence-electron chi connectivity index (χ0n) is 12.3. The number of aliphatic hydroxyl groups is 1. The molecule has 0 spiro atoms.